The first-order valence-electron chi connectivity index (χ1n) is 17.9. The lowest BCUT2D eigenvalue weighted by atomic mass is 9.38. The van der Waals surface area contributed by atoms with Crippen molar-refractivity contribution >= 4 is 17.9 Å². The number of aliphatic hydroxyl groups is 2. The van der Waals surface area contributed by atoms with E-state index in [0.717, 1.165) is 30.5 Å². The molecule has 1 saturated heterocycles. The molecule has 276 valence electrons. The number of carbonyl (C=O) groups is 3. The minimum atomic E-state index is -1.52. The van der Waals surface area contributed by atoms with Crippen molar-refractivity contribution in [3.63, 3.8) is 0 Å². The first kappa shape index (κ1) is 36.6. The van der Waals surface area contributed by atoms with Gasteiger partial charge in [-0.3, -0.25) is 4.79 Å². The zero-order valence-electron chi connectivity index (χ0n) is 30.3. The number of carbonyl (C=O) groups excluding carboxylic acids is 3. The molecule has 1 aromatic rings. The highest BCUT2D eigenvalue weighted by molar-refractivity contribution is 5.89. The number of hydrogen-bond acceptors (Lipinski definition) is 11. The Morgan fingerprint density at radius 2 is 1.78 bits per heavy atom. The van der Waals surface area contributed by atoms with Crippen molar-refractivity contribution in [1.82, 2.24) is 4.98 Å². The highest BCUT2D eigenvalue weighted by Crippen LogP contribution is 2.70. The second-order valence-corrected chi connectivity index (χ2v) is 15.8. The van der Waals surface area contributed by atoms with E-state index in [9.17, 15) is 24.6 Å². The van der Waals surface area contributed by atoms with E-state index in [4.69, 9.17) is 28.4 Å². The summed E-state index contributed by atoms with van der Waals surface area (Å²) < 4.78 is 35.9. The molecular weight excluding hydrogens is 646 g/mol. The van der Waals surface area contributed by atoms with Crippen LogP contribution in [-0.2, 0) is 38.0 Å². The first-order chi connectivity index (χ1) is 23.6. The number of aryl methyl sites for hydroxylation is 1. The van der Waals surface area contributed by atoms with Crippen LogP contribution < -0.4 is 0 Å². The fourth-order valence-corrected chi connectivity index (χ4v) is 10.7. The van der Waals surface area contributed by atoms with Crippen LogP contribution in [0.4, 0.5) is 0 Å². The first-order valence-corrected chi connectivity index (χ1v) is 17.9. The Kier molecular flexibility index (Phi) is 10.1. The molecule has 3 fully saturated rings. The Morgan fingerprint density at radius 3 is 2.40 bits per heavy atom. The van der Waals surface area contributed by atoms with E-state index in [0.29, 0.717) is 31.4 Å². The van der Waals surface area contributed by atoms with Crippen LogP contribution in [-0.4, -0.2) is 84.3 Å². The number of methoxy groups -OCH3 is 1. The zero-order chi connectivity index (χ0) is 36.2. The summed E-state index contributed by atoms with van der Waals surface area (Å²) in [5.41, 5.74) is 0.584. The largest absolute Gasteiger partial charge is 0.502 e. The van der Waals surface area contributed by atoms with Crippen LogP contribution in [0.2, 0.25) is 0 Å². The van der Waals surface area contributed by atoms with Crippen LogP contribution in [0.5, 0.6) is 0 Å². The van der Waals surface area contributed by atoms with Crippen LogP contribution >= 0.6 is 0 Å². The lowest BCUT2D eigenvalue weighted by Crippen LogP contribution is -2.65. The van der Waals surface area contributed by atoms with Gasteiger partial charge in [0.05, 0.1) is 29.8 Å². The predicted octanol–water partition coefficient (Wildman–Crippen LogP) is 5.44. The number of allylic oxidation sites excluding steroid dienone is 2. The summed E-state index contributed by atoms with van der Waals surface area (Å²) in [7, 11) is 1.67. The summed E-state index contributed by atoms with van der Waals surface area (Å²) in [6, 6.07) is 3.51. The van der Waals surface area contributed by atoms with Crippen molar-refractivity contribution in [1.29, 1.82) is 0 Å². The lowest BCUT2D eigenvalue weighted by molar-refractivity contribution is -0.268. The maximum absolute atomic E-state index is 13.5. The number of H-pyrrole nitrogens is 1. The topological polar surface area (TPSA) is 163 Å². The molecule has 12 nitrogen and oxygen atoms in total. The maximum Gasteiger partial charge on any atom is 0.376 e. The van der Waals surface area contributed by atoms with Gasteiger partial charge in [0.25, 0.3) is 0 Å². The SMILES string of the molecule is CO[C@@H]1CC[C@H](OC[C@]2(COC(=O)c3ccc(C)[nH]3)[C@H](OC(C)=O)CC[C@@]3(C)[C@@H]4CC=C(C)[C@@H](C5=C(O)C(=O)OC5O)[C@]4(C)CC[C@@H]32)O[C@H]1C. The smallest absolute Gasteiger partial charge is 0.376 e. The van der Waals surface area contributed by atoms with E-state index in [1.165, 1.54) is 6.92 Å². The molecule has 0 radical (unpaired) electrons. The van der Waals surface area contributed by atoms with Gasteiger partial charge in [-0.15, -0.1) is 0 Å². The third kappa shape index (κ3) is 6.20. The molecule has 50 heavy (non-hydrogen) atoms. The van der Waals surface area contributed by atoms with E-state index in [2.05, 4.69) is 24.9 Å². The molecular formula is C38H53NO11. The van der Waals surface area contributed by atoms with Gasteiger partial charge >= 0.3 is 17.9 Å². The summed E-state index contributed by atoms with van der Waals surface area (Å²) in [4.78, 5) is 41.6. The summed E-state index contributed by atoms with van der Waals surface area (Å²) in [5.74, 6) is -2.88. The Labute approximate surface area is 293 Å². The molecule has 0 aromatic carbocycles. The predicted molar refractivity (Wildman–Crippen MR) is 179 cm³/mol. The van der Waals surface area contributed by atoms with Crippen molar-refractivity contribution in [3.8, 4) is 0 Å². The van der Waals surface area contributed by atoms with E-state index in [1.54, 1.807) is 13.2 Å². The minimum Gasteiger partial charge on any atom is -0.502 e. The summed E-state index contributed by atoms with van der Waals surface area (Å²) in [5, 5.41) is 21.7. The van der Waals surface area contributed by atoms with Crippen LogP contribution in [0.25, 0.3) is 0 Å². The summed E-state index contributed by atoms with van der Waals surface area (Å²) in [6.45, 7) is 11.7. The van der Waals surface area contributed by atoms with Gasteiger partial charge in [-0.2, -0.15) is 0 Å². The molecule has 0 bridgehead atoms. The van der Waals surface area contributed by atoms with Crippen molar-refractivity contribution in [2.24, 2.45) is 34.0 Å². The van der Waals surface area contributed by atoms with Gasteiger partial charge in [0.1, 0.15) is 18.4 Å². The highest BCUT2D eigenvalue weighted by Gasteiger charge is 2.67. The van der Waals surface area contributed by atoms with Gasteiger partial charge in [0.15, 0.2) is 6.29 Å². The molecule has 1 aromatic heterocycles. The molecule has 0 amide bonds. The standard InChI is InChI=1S/C38H53NO11/c1-20-8-12-26-36(5)17-15-28(49-23(4)40)38(19-47-33(42)24-10-9-21(2)39-24,18-46-29-13-11-25(45-7)22(3)48-29)27(36)14-16-37(26,6)31(20)30-32(41)35(44)50-34(30)43/h8-10,22,25-29,31,34,39,41,43H,11-19H2,1-7H3/t22-,25+,26-,27-,28+,29+,31-,34?,36-,37+,38+/m0/s1. The van der Waals surface area contributed by atoms with E-state index in [-0.39, 0.29) is 48.2 Å². The fraction of sp³-hybridized carbons (Fsp3) is 0.711. The molecule has 3 N–H and O–H groups in total. The van der Waals surface area contributed by atoms with Crippen molar-refractivity contribution in [3.05, 3.63) is 46.5 Å². The highest BCUT2D eigenvalue weighted by atomic mass is 16.7. The number of nitrogens with one attached hydrogen (secondary N) is 1. The fourth-order valence-electron chi connectivity index (χ4n) is 10.7. The average Bonchev–Trinajstić information content (AvgIpc) is 3.60. The molecule has 0 spiro atoms. The summed E-state index contributed by atoms with van der Waals surface area (Å²) in [6.07, 6.45) is 3.97. The molecule has 2 saturated carbocycles. The van der Waals surface area contributed by atoms with Gasteiger partial charge < -0.3 is 43.6 Å². The van der Waals surface area contributed by atoms with E-state index in [1.807, 2.05) is 26.8 Å². The van der Waals surface area contributed by atoms with E-state index < -0.39 is 59.1 Å². The molecule has 11 atom stereocenters. The average molecular weight is 700 g/mol. The van der Waals surface area contributed by atoms with Crippen LogP contribution in [0, 0.1) is 40.9 Å². The molecule has 5 aliphatic rings. The molecule has 2 aliphatic heterocycles. The third-order valence-corrected chi connectivity index (χ3v) is 12.9. The van der Waals surface area contributed by atoms with Gasteiger partial charge in [0, 0.05) is 32.1 Å². The molecule has 12 heteroatoms. The zero-order valence-corrected chi connectivity index (χ0v) is 30.3. The second-order valence-electron chi connectivity index (χ2n) is 15.8. The second kappa shape index (κ2) is 13.7. The van der Waals surface area contributed by atoms with Crippen molar-refractivity contribution < 1.29 is 53.0 Å². The van der Waals surface area contributed by atoms with Gasteiger partial charge in [-0.05, 0) is 94.1 Å². The third-order valence-electron chi connectivity index (χ3n) is 12.9. The number of aromatic nitrogens is 1. The number of fused-ring (bicyclic) bond motifs is 3. The van der Waals surface area contributed by atoms with Gasteiger partial charge in [0.2, 0.25) is 12.0 Å². The Balaban J connectivity index is 1.39. The lowest BCUT2D eigenvalue weighted by Gasteiger charge is -2.67. The number of aromatic amines is 1. The number of cyclic esters (lactones) is 1. The van der Waals surface area contributed by atoms with E-state index >= 15 is 0 Å². The number of ether oxygens (including phenoxy) is 6. The minimum absolute atomic E-state index is 0.0264. The number of aliphatic hydroxyl groups excluding tert-OH is 2. The van der Waals surface area contributed by atoms with Gasteiger partial charge in [-0.25, -0.2) is 9.59 Å². The number of hydrogen-bond donors (Lipinski definition) is 3. The molecule has 6 rings (SSSR count). The number of esters is 3. The quantitative estimate of drug-likeness (QED) is 0.171. The number of rotatable bonds is 9. The van der Waals surface area contributed by atoms with Crippen LogP contribution in [0.3, 0.4) is 0 Å². The van der Waals surface area contributed by atoms with Crippen LogP contribution in [0.15, 0.2) is 35.1 Å². The van der Waals surface area contributed by atoms with Crippen molar-refractivity contribution in [2.45, 2.75) is 117 Å². The molecule has 3 heterocycles. The Hall–Kier alpha value is -3.19. The summed E-state index contributed by atoms with van der Waals surface area (Å²) >= 11 is 0. The van der Waals surface area contributed by atoms with Crippen LogP contribution in [0.1, 0.15) is 95.7 Å². The molecule has 1 unspecified atom stereocenters. The van der Waals surface area contributed by atoms with Gasteiger partial charge in [-0.1, -0.05) is 25.5 Å². The maximum atomic E-state index is 13.5. The normalized spacial score (nSPS) is 40.0. The Morgan fingerprint density at radius 1 is 1.04 bits per heavy atom. The Bertz CT molecular complexity index is 1550. The molecule has 3 aliphatic carbocycles. The monoisotopic (exact) mass is 699 g/mol. The van der Waals surface area contributed by atoms with Crippen molar-refractivity contribution in [2.75, 3.05) is 20.3 Å².